The molecule has 0 amide bonds. The SMILES string of the molecule is CN=C(NCc1cccc(-n2cccn2)c1)NCC(C)Sc1ccccc1.I. The van der Waals surface area contributed by atoms with Gasteiger partial charge in [-0.25, -0.2) is 4.68 Å². The largest absolute Gasteiger partial charge is 0.355 e. The second-order valence-electron chi connectivity index (χ2n) is 6.17. The summed E-state index contributed by atoms with van der Waals surface area (Å²) in [5.74, 6) is 0.806. The summed E-state index contributed by atoms with van der Waals surface area (Å²) in [6.07, 6.45) is 3.73. The first-order valence-corrected chi connectivity index (χ1v) is 9.88. The van der Waals surface area contributed by atoms with Crippen LogP contribution in [0.5, 0.6) is 0 Å². The van der Waals surface area contributed by atoms with Gasteiger partial charge in [0.15, 0.2) is 5.96 Å². The fraction of sp³-hybridized carbons (Fsp3) is 0.238. The molecule has 0 radical (unpaired) electrons. The average Bonchev–Trinajstić information content (AvgIpc) is 3.24. The number of rotatable bonds is 7. The van der Waals surface area contributed by atoms with Crippen molar-refractivity contribution >= 4 is 41.7 Å². The summed E-state index contributed by atoms with van der Waals surface area (Å²) in [4.78, 5) is 5.60. The van der Waals surface area contributed by atoms with Crippen LogP contribution < -0.4 is 10.6 Å². The van der Waals surface area contributed by atoms with Crippen LogP contribution in [0, 0.1) is 0 Å². The third-order valence-corrected chi connectivity index (χ3v) is 5.11. The molecule has 3 rings (SSSR count). The highest BCUT2D eigenvalue weighted by Gasteiger charge is 2.06. The zero-order valence-corrected chi connectivity index (χ0v) is 19.2. The quantitative estimate of drug-likeness (QED) is 0.216. The minimum absolute atomic E-state index is 0. The van der Waals surface area contributed by atoms with E-state index in [0.29, 0.717) is 11.8 Å². The van der Waals surface area contributed by atoms with Gasteiger partial charge in [-0.05, 0) is 35.9 Å². The van der Waals surface area contributed by atoms with Crippen molar-refractivity contribution in [3.8, 4) is 5.69 Å². The van der Waals surface area contributed by atoms with Crippen LogP contribution in [0.25, 0.3) is 5.69 Å². The molecule has 3 aromatic rings. The molecule has 7 heteroatoms. The first kappa shape index (κ1) is 22.3. The van der Waals surface area contributed by atoms with Crippen molar-refractivity contribution in [3.63, 3.8) is 0 Å². The lowest BCUT2D eigenvalue weighted by atomic mass is 10.2. The number of halogens is 1. The molecular weight excluding hydrogens is 481 g/mol. The molecule has 0 saturated carbocycles. The Labute approximate surface area is 188 Å². The van der Waals surface area contributed by atoms with Crippen molar-refractivity contribution in [1.29, 1.82) is 0 Å². The first-order valence-electron chi connectivity index (χ1n) is 9.00. The highest BCUT2D eigenvalue weighted by Crippen LogP contribution is 2.21. The molecule has 0 fully saturated rings. The fourth-order valence-corrected chi connectivity index (χ4v) is 3.60. The van der Waals surface area contributed by atoms with Crippen molar-refractivity contribution < 1.29 is 0 Å². The van der Waals surface area contributed by atoms with E-state index in [9.17, 15) is 0 Å². The summed E-state index contributed by atoms with van der Waals surface area (Å²) in [5, 5.41) is 11.5. The number of benzene rings is 2. The Morgan fingerprint density at radius 3 is 2.64 bits per heavy atom. The lowest BCUT2D eigenvalue weighted by molar-refractivity contribution is 0.788. The molecule has 0 spiro atoms. The molecule has 1 heterocycles. The minimum Gasteiger partial charge on any atom is -0.355 e. The van der Waals surface area contributed by atoms with Gasteiger partial charge in [0, 0.05) is 42.7 Å². The normalized spacial score (nSPS) is 12.1. The molecule has 0 aliphatic rings. The Morgan fingerprint density at radius 2 is 1.93 bits per heavy atom. The van der Waals surface area contributed by atoms with E-state index in [1.807, 2.05) is 46.9 Å². The van der Waals surface area contributed by atoms with E-state index < -0.39 is 0 Å². The van der Waals surface area contributed by atoms with E-state index in [1.165, 1.54) is 10.5 Å². The Hall–Kier alpha value is -2.00. The summed E-state index contributed by atoms with van der Waals surface area (Å²) in [5.41, 5.74) is 2.23. The monoisotopic (exact) mass is 507 g/mol. The van der Waals surface area contributed by atoms with E-state index in [0.717, 1.165) is 18.2 Å². The van der Waals surface area contributed by atoms with Crippen LogP contribution in [0.2, 0.25) is 0 Å². The number of hydrogen-bond donors (Lipinski definition) is 2. The summed E-state index contributed by atoms with van der Waals surface area (Å²) in [7, 11) is 1.80. The van der Waals surface area contributed by atoms with Crippen molar-refractivity contribution in [2.24, 2.45) is 4.99 Å². The van der Waals surface area contributed by atoms with E-state index in [4.69, 9.17) is 0 Å². The molecule has 1 unspecified atom stereocenters. The molecule has 1 aromatic heterocycles. The van der Waals surface area contributed by atoms with Gasteiger partial charge in [-0.2, -0.15) is 5.10 Å². The zero-order chi connectivity index (χ0) is 18.9. The van der Waals surface area contributed by atoms with Crippen LogP contribution in [0.3, 0.4) is 0 Å². The predicted molar refractivity (Wildman–Crippen MR) is 129 cm³/mol. The van der Waals surface area contributed by atoms with E-state index >= 15 is 0 Å². The molecule has 1 atom stereocenters. The smallest absolute Gasteiger partial charge is 0.191 e. The molecule has 0 aliphatic carbocycles. The van der Waals surface area contributed by atoms with Crippen LogP contribution in [-0.2, 0) is 6.54 Å². The molecule has 0 aliphatic heterocycles. The van der Waals surface area contributed by atoms with Gasteiger partial charge in [0.1, 0.15) is 0 Å². The molecule has 0 saturated heterocycles. The minimum atomic E-state index is 0. The number of guanidine groups is 1. The van der Waals surface area contributed by atoms with Crippen LogP contribution >= 0.6 is 35.7 Å². The van der Waals surface area contributed by atoms with E-state index in [1.54, 1.807) is 13.2 Å². The summed E-state index contributed by atoms with van der Waals surface area (Å²) in [6, 6.07) is 20.7. The zero-order valence-electron chi connectivity index (χ0n) is 16.1. The summed E-state index contributed by atoms with van der Waals surface area (Å²) in [6.45, 7) is 3.76. The van der Waals surface area contributed by atoms with Crippen molar-refractivity contribution in [2.75, 3.05) is 13.6 Å². The third-order valence-electron chi connectivity index (χ3n) is 4.00. The fourth-order valence-electron chi connectivity index (χ4n) is 2.65. The standard InChI is InChI=1S/C21H25N5S.HI/c1-17(27-20-10-4-3-5-11-20)15-23-21(22-2)24-16-18-8-6-9-19(14-18)26-13-7-12-25-26;/h3-14,17H,15-16H2,1-2H3,(H2,22,23,24);1H. The summed E-state index contributed by atoms with van der Waals surface area (Å²) < 4.78 is 1.86. The topological polar surface area (TPSA) is 54.2 Å². The number of hydrogen-bond acceptors (Lipinski definition) is 3. The molecule has 0 bridgehead atoms. The maximum Gasteiger partial charge on any atom is 0.191 e. The molecule has 2 aromatic carbocycles. The first-order chi connectivity index (χ1) is 13.2. The molecule has 2 N–H and O–H groups in total. The van der Waals surface area contributed by atoms with Crippen LogP contribution in [-0.4, -0.2) is 34.6 Å². The third kappa shape index (κ3) is 6.87. The maximum absolute atomic E-state index is 4.32. The average molecular weight is 507 g/mol. The van der Waals surface area contributed by atoms with Gasteiger partial charge in [-0.15, -0.1) is 35.7 Å². The lowest BCUT2D eigenvalue weighted by Gasteiger charge is -2.16. The number of aliphatic imine (C=N–C) groups is 1. The van der Waals surface area contributed by atoms with Gasteiger partial charge in [0.2, 0.25) is 0 Å². The highest BCUT2D eigenvalue weighted by molar-refractivity contribution is 14.0. The molecular formula is C21H26IN5S. The number of nitrogens with one attached hydrogen (secondary N) is 2. The Balaban J connectivity index is 0.00000280. The van der Waals surface area contributed by atoms with E-state index in [-0.39, 0.29) is 24.0 Å². The van der Waals surface area contributed by atoms with Crippen molar-refractivity contribution in [1.82, 2.24) is 20.4 Å². The number of nitrogens with zero attached hydrogens (tertiary/aromatic N) is 3. The predicted octanol–water partition coefficient (Wildman–Crippen LogP) is 4.34. The Kier molecular flexibility index (Phi) is 9.36. The Bertz CT molecular complexity index is 852. The van der Waals surface area contributed by atoms with Gasteiger partial charge >= 0.3 is 0 Å². The van der Waals surface area contributed by atoms with Crippen LogP contribution in [0.15, 0.2) is 82.9 Å². The van der Waals surface area contributed by atoms with Gasteiger partial charge in [0.05, 0.1) is 5.69 Å². The molecule has 28 heavy (non-hydrogen) atoms. The number of thioether (sulfide) groups is 1. The maximum atomic E-state index is 4.32. The van der Waals surface area contributed by atoms with Gasteiger partial charge in [-0.1, -0.05) is 37.3 Å². The van der Waals surface area contributed by atoms with Crippen LogP contribution in [0.1, 0.15) is 12.5 Å². The van der Waals surface area contributed by atoms with Gasteiger partial charge in [0.25, 0.3) is 0 Å². The molecule has 148 valence electrons. The second-order valence-corrected chi connectivity index (χ2v) is 7.68. The molecule has 5 nitrogen and oxygen atoms in total. The Morgan fingerprint density at radius 1 is 1.11 bits per heavy atom. The lowest BCUT2D eigenvalue weighted by Crippen LogP contribution is -2.39. The highest BCUT2D eigenvalue weighted by atomic mass is 127. The second kappa shape index (κ2) is 11.8. The van der Waals surface area contributed by atoms with Gasteiger partial charge < -0.3 is 10.6 Å². The van der Waals surface area contributed by atoms with Gasteiger partial charge in [-0.3, -0.25) is 4.99 Å². The number of aromatic nitrogens is 2. The van der Waals surface area contributed by atoms with Crippen LogP contribution in [0.4, 0.5) is 0 Å². The van der Waals surface area contributed by atoms with E-state index in [2.05, 4.69) is 64.0 Å². The summed E-state index contributed by atoms with van der Waals surface area (Å²) >= 11 is 1.86. The van der Waals surface area contributed by atoms with Crippen molar-refractivity contribution in [2.45, 2.75) is 23.6 Å². The van der Waals surface area contributed by atoms with Crippen molar-refractivity contribution in [3.05, 3.63) is 78.6 Å².